The van der Waals surface area contributed by atoms with Gasteiger partial charge in [0.2, 0.25) is 11.8 Å². The molecule has 0 spiro atoms. The first kappa shape index (κ1) is 13.3. The average Bonchev–Trinajstić information content (AvgIpc) is 2.87. The average molecular weight is 253 g/mol. The Morgan fingerprint density at radius 3 is 2.50 bits per heavy atom. The van der Waals surface area contributed by atoms with Crippen LogP contribution >= 0.6 is 0 Å². The van der Waals surface area contributed by atoms with Crippen LogP contribution in [0.1, 0.15) is 38.5 Å². The fraction of sp³-hybridized carbons (Fsp3) is 0.846. The summed E-state index contributed by atoms with van der Waals surface area (Å²) >= 11 is 0. The zero-order chi connectivity index (χ0) is 13.1. The molecule has 0 aromatic heterocycles. The highest BCUT2D eigenvalue weighted by atomic mass is 16.2. The van der Waals surface area contributed by atoms with E-state index in [-0.39, 0.29) is 23.7 Å². The number of rotatable bonds is 3. The highest BCUT2D eigenvalue weighted by molar-refractivity contribution is 5.88. The zero-order valence-electron chi connectivity index (χ0n) is 10.8. The molecule has 4 N–H and O–H groups in total. The van der Waals surface area contributed by atoms with E-state index in [1.807, 2.05) is 0 Å². The molecule has 2 fully saturated rings. The number of amides is 2. The molecule has 0 aromatic rings. The minimum Gasteiger partial charge on any atom is -0.368 e. The largest absolute Gasteiger partial charge is 0.368 e. The number of carbonyl (C=O) groups is 2. The molecule has 2 amide bonds. The second-order valence-corrected chi connectivity index (χ2v) is 5.48. The highest BCUT2D eigenvalue weighted by Crippen LogP contribution is 2.32. The number of nitrogens with zero attached hydrogens (tertiary/aromatic N) is 1. The monoisotopic (exact) mass is 253 g/mol. The number of primary amides is 1. The van der Waals surface area contributed by atoms with Crippen LogP contribution in [0.4, 0.5) is 0 Å². The van der Waals surface area contributed by atoms with Gasteiger partial charge in [0.15, 0.2) is 0 Å². The molecule has 1 heterocycles. The van der Waals surface area contributed by atoms with Gasteiger partial charge >= 0.3 is 0 Å². The maximum absolute atomic E-state index is 12.5. The van der Waals surface area contributed by atoms with Crippen molar-refractivity contribution in [2.75, 3.05) is 13.1 Å². The second-order valence-electron chi connectivity index (χ2n) is 5.48. The third-order valence-electron chi connectivity index (χ3n) is 4.39. The Bertz CT molecular complexity index is 332. The van der Waals surface area contributed by atoms with Crippen LogP contribution < -0.4 is 11.5 Å². The van der Waals surface area contributed by atoms with Gasteiger partial charge in [-0.15, -0.1) is 0 Å². The number of hydrogen-bond acceptors (Lipinski definition) is 3. The van der Waals surface area contributed by atoms with Crippen LogP contribution in [0.15, 0.2) is 0 Å². The lowest BCUT2D eigenvalue weighted by atomic mass is 9.78. The number of nitrogens with two attached hydrogens (primary N) is 2. The van der Waals surface area contributed by atoms with Crippen LogP contribution in [-0.4, -0.2) is 35.8 Å². The minimum atomic E-state index is -0.391. The van der Waals surface area contributed by atoms with Crippen molar-refractivity contribution in [1.29, 1.82) is 0 Å². The Hall–Kier alpha value is -1.10. The summed E-state index contributed by atoms with van der Waals surface area (Å²) in [5, 5.41) is 0. The zero-order valence-corrected chi connectivity index (χ0v) is 10.8. The van der Waals surface area contributed by atoms with Crippen LogP contribution in [0.5, 0.6) is 0 Å². The van der Waals surface area contributed by atoms with Crippen molar-refractivity contribution in [2.24, 2.45) is 23.3 Å². The molecular formula is C13H23N3O2. The minimum absolute atomic E-state index is 0.00343. The summed E-state index contributed by atoms with van der Waals surface area (Å²) in [5.41, 5.74) is 11.1. The van der Waals surface area contributed by atoms with Crippen LogP contribution in [-0.2, 0) is 9.59 Å². The molecule has 5 nitrogen and oxygen atoms in total. The predicted molar refractivity (Wildman–Crippen MR) is 68.4 cm³/mol. The van der Waals surface area contributed by atoms with E-state index in [1.54, 1.807) is 4.90 Å². The molecule has 3 atom stereocenters. The SMILES string of the molecule is NCC1CCCCC1C(=O)N1CCCC1C(N)=O. The Balaban J connectivity index is 2.07. The van der Waals surface area contributed by atoms with E-state index in [1.165, 1.54) is 0 Å². The third-order valence-corrected chi connectivity index (χ3v) is 4.39. The number of carbonyl (C=O) groups excluding carboxylic acids is 2. The van der Waals surface area contributed by atoms with Gasteiger partial charge in [-0.1, -0.05) is 12.8 Å². The van der Waals surface area contributed by atoms with E-state index < -0.39 is 6.04 Å². The molecule has 1 aliphatic carbocycles. The first-order valence-corrected chi connectivity index (χ1v) is 6.95. The van der Waals surface area contributed by atoms with Gasteiger partial charge in [-0.3, -0.25) is 9.59 Å². The first-order chi connectivity index (χ1) is 8.65. The van der Waals surface area contributed by atoms with Crippen molar-refractivity contribution in [3.8, 4) is 0 Å². The van der Waals surface area contributed by atoms with E-state index in [0.29, 0.717) is 19.5 Å². The molecule has 1 saturated carbocycles. The topological polar surface area (TPSA) is 89.4 Å². The van der Waals surface area contributed by atoms with Crippen LogP contribution in [0.2, 0.25) is 0 Å². The van der Waals surface area contributed by atoms with Gasteiger partial charge in [-0.2, -0.15) is 0 Å². The van der Waals surface area contributed by atoms with Gasteiger partial charge in [0.1, 0.15) is 6.04 Å². The lowest BCUT2D eigenvalue weighted by Gasteiger charge is -2.34. The maximum atomic E-state index is 12.5. The van der Waals surface area contributed by atoms with Crippen molar-refractivity contribution < 1.29 is 9.59 Å². The van der Waals surface area contributed by atoms with Crippen molar-refractivity contribution in [2.45, 2.75) is 44.6 Å². The second kappa shape index (κ2) is 5.69. The molecule has 2 rings (SSSR count). The molecular weight excluding hydrogens is 230 g/mol. The lowest BCUT2D eigenvalue weighted by molar-refractivity contribution is -0.143. The fourth-order valence-corrected chi connectivity index (χ4v) is 3.35. The predicted octanol–water partition coefficient (Wildman–Crippen LogP) is 0.228. The van der Waals surface area contributed by atoms with Gasteiger partial charge in [-0.05, 0) is 38.1 Å². The standard InChI is InChI=1S/C13H23N3O2/c14-8-9-4-1-2-5-10(9)13(18)16-7-3-6-11(16)12(15)17/h9-11H,1-8,14H2,(H2,15,17). The van der Waals surface area contributed by atoms with E-state index in [0.717, 1.165) is 32.1 Å². The van der Waals surface area contributed by atoms with Crippen molar-refractivity contribution in [1.82, 2.24) is 4.90 Å². The molecule has 0 aromatic carbocycles. The van der Waals surface area contributed by atoms with Crippen molar-refractivity contribution >= 4 is 11.8 Å². The third kappa shape index (κ3) is 2.51. The van der Waals surface area contributed by atoms with Gasteiger partial charge in [-0.25, -0.2) is 0 Å². The molecule has 0 bridgehead atoms. The number of hydrogen-bond donors (Lipinski definition) is 2. The molecule has 1 saturated heterocycles. The summed E-state index contributed by atoms with van der Waals surface area (Å²) in [6.45, 7) is 1.23. The number of likely N-dealkylation sites (tertiary alicyclic amines) is 1. The summed E-state index contributed by atoms with van der Waals surface area (Å²) in [4.78, 5) is 25.6. The van der Waals surface area contributed by atoms with Gasteiger partial charge in [0, 0.05) is 12.5 Å². The Kier molecular flexibility index (Phi) is 4.22. The Labute approximate surface area is 108 Å². The summed E-state index contributed by atoms with van der Waals surface area (Å²) < 4.78 is 0. The van der Waals surface area contributed by atoms with Crippen LogP contribution in [0, 0.1) is 11.8 Å². The van der Waals surface area contributed by atoms with Crippen LogP contribution in [0.25, 0.3) is 0 Å². The summed E-state index contributed by atoms with van der Waals surface area (Å²) in [5.74, 6) is 0.0106. The summed E-state index contributed by atoms with van der Waals surface area (Å²) in [7, 11) is 0. The first-order valence-electron chi connectivity index (χ1n) is 6.95. The van der Waals surface area contributed by atoms with Gasteiger partial charge in [0.25, 0.3) is 0 Å². The molecule has 102 valence electrons. The normalized spacial score (nSPS) is 32.5. The molecule has 3 unspecified atom stereocenters. The van der Waals surface area contributed by atoms with Crippen molar-refractivity contribution in [3.05, 3.63) is 0 Å². The van der Waals surface area contributed by atoms with Gasteiger partial charge < -0.3 is 16.4 Å². The van der Waals surface area contributed by atoms with Crippen LogP contribution in [0.3, 0.4) is 0 Å². The molecule has 5 heteroatoms. The Morgan fingerprint density at radius 2 is 1.83 bits per heavy atom. The van der Waals surface area contributed by atoms with Gasteiger partial charge in [0.05, 0.1) is 0 Å². The molecule has 1 aliphatic heterocycles. The molecule has 18 heavy (non-hydrogen) atoms. The maximum Gasteiger partial charge on any atom is 0.240 e. The quantitative estimate of drug-likeness (QED) is 0.754. The van der Waals surface area contributed by atoms with E-state index >= 15 is 0 Å². The lowest BCUT2D eigenvalue weighted by Crippen LogP contribution is -2.48. The smallest absolute Gasteiger partial charge is 0.240 e. The fourth-order valence-electron chi connectivity index (χ4n) is 3.35. The summed E-state index contributed by atoms with van der Waals surface area (Å²) in [6.07, 6.45) is 5.76. The Morgan fingerprint density at radius 1 is 1.11 bits per heavy atom. The van der Waals surface area contributed by atoms with E-state index in [9.17, 15) is 9.59 Å². The van der Waals surface area contributed by atoms with Crippen molar-refractivity contribution in [3.63, 3.8) is 0 Å². The van der Waals surface area contributed by atoms with E-state index in [4.69, 9.17) is 11.5 Å². The summed E-state index contributed by atoms with van der Waals surface area (Å²) in [6, 6.07) is -0.391. The highest BCUT2D eigenvalue weighted by Gasteiger charge is 2.39. The molecule has 2 aliphatic rings. The molecule has 0 radical (unpaired) electrons. The van der Waals surface area contributed by atoms with E-state index in [2.05, 4.69) is 0 Å².